The lowest BCUT2D eigenvalue weighted by Gasteiger charge is -2.14. The van der Waals surface area contributed by atoms with Gasteiger partial charge in [0.25, 0.3) is 0 Å². The molecule has 3 N–H and O–H groups in total. The van der Waals surface area contributed by atoms with Crippen molar-refractivity contribution in [3.05, 3.63) is 76.0 Å². The molecule has 166 valence electrons. The Morgan fingerprint density at radius 1 is 1.19 bits per heavy atom. The van der Waals surface area contributed by atoms with Crippen LogP contribution in [-0.4, -0.2) is 16.1 Å². The first-order valence-corrected chi connectivity index (χ1v) is 11.1. The highest BCUT2D eigenvalue weighted by Gasteiger charge is 2.11. The average molecular weight is 489 g/mol. The van der Waals surface area contributed by atoms with Crippen LogP contribution >= 0.6 is 35.4 Å². The molecule has 32 heavy (non-hydrogen) atoms. The summed E-state index contributed by atoms with van der Waals surface area (Å²) >= 11 is 17.3. The number of anilines is 1. The second-order valence-corrected chi connectivity index (χ2v) is 8.44. The van der Waals surface area contributed by atoms with Crippen molar-refractivity contribution in [2.75, 3.05) is 5.32 Å². The van der Waals surface area contributed by atoms with Gasteiger partial charge < -0.3 is 14.8 Å². The van der Waals surface area contributed by atoms with E-state index in [0.717, 1.165) is 12.0 Å². The zero-order valence-corrected chi connectivity index (χ0v) is 19.8. The van der Waals surface area contributed by atoms with Gasteiger partial charge in [0.2, 0.25) is 5.91 Å². The molecule has 0 saturated carbocycles. The lowest BCUT2D eigenvalue weighted by Crippen LogP contribution is -2.32. The van der Waals surface area contributed by atoms with E-state index in [9.17, 15) is 9.90 Å². The maximum absolute atomic E-state index is 12.2. The van der Waals surface area contributed by atoms with Gasteiger partial charge in [-0.1, -0.05) is 43.1 Å². The monoisotopic (exact) mass is 488 g/mol. The summed E-state index contributed by atoms with van der Waals surface area (Å²) in [5.41, 5.74) is 2.20. The number of hydrogen-bond donors (Lipinski definition) is 3. The number of carbonyl (C=O) groups excluding carboxylic acids is 1. The van der Waals surface area contributed by atoms with Gasteiger partial charge in [-0.25, -0.2) is 0 Å². The first-order chi connectivity index (χ1) is 15.3. The van der Waals surface area contributed by atoms with Gasteiger partial charge in [0.1, 0.15) is 17.3 Å². The van der Waals surface area contributed by atoms with E-state index in [1.165, 1.54) is 12.2 Å². The molecule has 0 aliphatic heterocycles. The predicted molar refractivity (Wildman–Crippen MR) is 134 cm³/mol. The van der Waals surface area contributed by atoms with Crippen LogP contribution in [0.5, 0.6) is 5.75 Å². The first-order valence-electron chi connectivity index (χ1n) is 9.95. The quantitative estimate of drug-likeness (QED) is 0.198. The Morgan fingerprint density at radius 2 is 1.97 bits per heavy atom. The number of furan rings is 1. The SMILES string of the molecule is CCC(C)c1ccc(O)c(NC(=S)NC(=O)/C=C/c2ccc(-c3ccc(Cl)cc3Cl)o2)c1. The summed E-state index contributed by atoms with van der Waals surface area (Å²) in [5.74, 6) is 0.971. The highest BCUT2D eigenvalue weighted by molar-refractivity contribution is 7.80. The molecular weight excluding hydrogens is 467 g/mol. The Morgan fingerprint density at radius 3 is 2.69 bits per heavy atom. The third-order valence-corrected chi connectivity index (χ3v) is 5.66. The van der Waals surface area contributed by atoms with Crippen LogP contribution in [0.3, 0.4) is 0 Å². The van der Waals surface area contributed by atoms with Gasteiger partial charge in [-0.3, -0.25) is 10.1 Å². The minimum Gasteiger partial charge on any atom is -0.506 e. The first kappa shape index (κ1) is 23.9. The second kappa shape index (κ2) is 10.7. The molecule has 0 fully saturated rings. The molecule has 3 aromatic rings. The van der Waals surface area contributed by atoms with Crippen molar-refractivity contribution < 1.29 is 14.3 Å². The average Bonchev–Trinajstić information content (AvgIpc) is 3.22. The Labute approximate surface area is 202 Å². The van der Waals surface area contributed by atoms with Crippen LogP contribution in [0.15, 0.2) is 59.0 Å². The highest BCUT2D eigenvalue weighted by Crippen LogP contribution is 2.32. The van der Waals surface area contributed by atoms with Crippen LogP contribution in [0.25, 0.3) is 17.4 Å². The van der Waals surface area contributed by atoms with E-state index in [0.29, 0.717) is 38.7 Å². The number of thiocarbonyl (C=S) groups is 1. The smallest absolute Gasteiger partial charge is 0.250 e. The van der Waals surface area contributed by atoms with Crippen molar-refractivity contribution in [1.29, 1.82) is 0 Å². The molecular formula is C24H22Cl2N2O3S. The predicted octanol–water partition coefficient (Wildman–Crippen LogP) is 7.00. The normalized spacial score (nSPS) is 12.0. The van der Waals surface area contributed by atoms with Crippen molar-refractivity contribution in [3.63, 3.8) is 0 Å². The van der Waals surface area contributed by atoms with E-state index in [1.54, 1.807) is 36.4 Å². The Balaban J connectivity index is 1.61. The molecule has 1 unspecified atom stereocenters. The molecule has 2 aromatic carbocycles. The van der Waals surface area contributed by atoms with Crippen molar-refractivity contribution in [1.82, 2.24) is 5.32 Å². The molecule has 0 radical (unpaired) electrons. The molecule has 8 heteroatoms. The van der Waals surface area contributed by atoms with Crippen molar-refractivity contribution in [2.45, 2.75) is 26.2 Å². The molecule has 1 atom stereocenters. The number of phenols is 1. The number of phenolic OH excluding ortho intramolecular Hbond substituents is 1. The zero-order chi connectivity index (χ0) is 23.3. The number of carbonyl (C=O) groups is 1. The van der Waals surface area contributed by atoms with Crippen LogP contribution in [0.2, 0.25) is 10.0 Å². The maximum Gasteiger partial charge on any atom is 0.250 e. The third kappa shape index (κ3) is 6.13. The Kier molecular flexibility index (Phi) is 7.96. The molecule has 1 amide bonds. The largest absolute Gasteiger partial charge is 0.506 e. The lowest BCUT2D eigenvalue weighted by atomic mass is 9.98. The van der Waals surface area contributed by atoms with Gasteiger partial charge in [-0.05, 0) is 78.7 Å². The molecule has 1 heterocycles. The number of amides is 1. The van der Waals surface area contributed by atoms with Gasteiger partial charge in [0.15, 0.2) is 5.11 Å². The summed E-state index contributed by atoms with van der Waals surface area (Å²) < 4.78 is 5.73. The number of benzene rings is 2. The summed E-state index contributed by atoms with van der Waals surface area (Å²) in [7, 11) is 0. The molecule has 0 bridgehead atoms. The van der Waals surface area contributed by atoms with Crippen LogP contribution in [0, 0.1) is 0 Å². The minimum absolute atomic E-state index is 0.0492. The fourth-order valence-corrected chi connectivity index (χ4v) is 3.65. The number of rotatable bonds is 6. The highest BCUT2D eigenvalue weighted by atomic mass is 35.5. The molecule has 1 aromatic heterocycles. The Bertz CT molecular complexity index is 1170. The topological polar surface area (TPSA) is 74.5 Å². The van der Waals surface area contributed by atoms with Crippen LogP contribution in [0.4, 0.5) is 5.69 Å². The molecule has 3 rings (SSSR count). The molecule has 0 aliphatic carbocycles. The summed E-state index contributed by atoms with van der Waals surface area (Å²) in [6, 6.07) is 13.9. The van der Waals surface area contributed by atoms with Crippen LogP contribution in [0.1, 0.15) is 37.5 Å². The number of aromatic hydroxyl groups is 1. The van der Waals surface area contributed by atoms with E-state index < -0.39 is 5.91 Å². The minimum atomic E-state index is -0.442. The van der Waals surface area contributed by atoms with Crippen molar-refractivity contribution in [2.24, 2.45) is 0 Å². The van der Waals surface area contributed by atoms with Gasteiger partial charge in [0.05, 0.1) is 10.7 Å². The Hall–Kier alpha value is -2.80. The number of nitrogens with one attached hydrogen (secondary N) is 2. The fraction of sp³-hybridized carbons (Fsp3) is 0.167. The van der Waals surface area contributed by atoms with E-state index in [-0.39, 0.29) is 10.9 Å². The van der Waals surface area contributed by atoms with Gasteiger partial charge in [0, 0.05) is 16.7 Å². The van der Waals surface area contributed by atoms with Crippen LogP contribution in [-0.2, 0) is 4.79 Å². The molecule has 0 aliphatic rings. The van der Waals surface area contributed by atoms with Crippen molar-refractivity contribution in [3.8, 4) is 17.1 Å². The zero-order valence-electron chi connectivity index (χ0n) is 17.5. The second-order valence-electron chi connectivity index (χ2n) is 7.19. The van der Waals surface area contributed by atoms with Gasteiger partial charge in [-0.2, -0.15) is 0 Å². The molecule has 0 saturated heterocycles. The van der Waals surface area contributed by atoms with E-state index in [4.69, 9.17) is 39.8 Å². The van der Waals surface area contributed by atoms with Crippen LogP contribution < -0.4 is 10.6 Å². The third-order valence-electron chi connectivity index (χ3n) is 4.91. The fourth-order valence-electron chi connectivity index (χ4n) is 2.94. The van der Waals surface area contributed by atoms with E-state index in [2.05, 4.69) is 24.5 Å². The summed E-state index contributed by atoms with van der Waals surface area (Å²) in [4.78, 5) is 12.2. The van der Waals surface area contributed by atoms with Gasteiger partial charge in [-0.15, -0.1) is 0 Å². The lowest BCUT2D eigenvalue weighted by molar-refractivity contribution is -0.115. The number of halogens is 2. The number of hydrogen-bond acceptors (Lipinski definition) is 4. The van der Waals surface area contributed by atoms with E-state index in [1.807, 2.05) is 12.1 Å². The van der Waals surface area contributed by atoms with Gasteiger partial charge >= 0.3 is 0 Å². The summed E-state index contributed by atoms with van der Waals surface area (Å²) in [5, 5.41) is 16.6. The summed E-state index contributed by atoms with van der Waals surface area (Å²) in [6.45, 7) is 4.19. The maximum atomic E-state index is 12.2. The van der Waals surface area contributed by atoms with E-state index >= 15 is 0 Å². The van der Waals surface area contributed by atoms with Crippen molar-refractivity contribution >= 4 is 58.2 Å². The molecule has 0 spiro atoms. The molecule has 5 nitrogen and oxygen atoms in total. The standard InChI is InChI=1S/C24H22Cl2N2O3S/c1-3-14(2)15-4-9-21(29)20(12-15)27-24(32)28-23(30)11-7-17-6-10-22(31-17)18-8-5-16(25)13-19(18)26/h4-14,29H,3H2,1-2H3,(H2,27,28,30,32)/b11-7+. The summed E-state index contributed by atoms with van der Waals surface area (Å²) in [6.07, 6.45) is 3.79.